The van der Waals surface area contributed by atoms with Crippen LogP contribution < -0.4 is 20.1 Å². The van der Waals surface area contributed by atoms with E-state index in [0.29, 0.717) is 18.0 Å². The number of hydrogen-bond donors (Lipinski definition) is 2. The van der Waals surface area contributed by atoms with Crippen molar-refractivity contribution in [2.24, 2.45) is 0 Å². The molecule has 0 aliphatic rings. The molecule has 2 N–H and O–H groups in total. The van der Waals surface area contributed by atoms with Gasteiger partial charge in [0.2, 0.25) is 0 Å². The van der Waals surface area contributed by atoms with Crippen molar-refractivity contribution >= 4 is 17.5 Å². The smallest absolute Gasteiger partial charge is 0.313 e. The molecule has 130 valence electrons. The second-order valence-electron chi connectivity index (χ2n) is 5.11. The summed E-state index contributed by atoms with van der Waals surface area (Å²) in [4.78, 5) is 23.8. The summed E-state index contributed by atoms with van der Waals surface area (Å²) in [6.07, 6.45) is 1.64. The van der Waals surface area contributed by atoms with Crippen LogP contribution in [-0.2, 0) is 16.1 Å². The molecule has 2 aromatic rings. The standard InChI is InChI=1S/C19H20N2O4/c1-3-12-25-17-10-6-15(7-11-17)21-19(23)18(22)20-13-14-4-8-16(24-2)9-5-14/h3-11H,1,12-13H2,2H3,(H,20,22)(H,21,23). The lowest BCUT2D eigenvalue weighted by Gasteiger charge is -2.08. The molecule has 0 saturated carbocycles. The summed E-state index contributed by atoms with van der Waals surface area (Å²) in [7, 11) is 1.58. The van der Waals surface area contributed by atoms with Crippen LogP contribution in [0.5, 0.6) is 11.5 Å². The van der Waals surface area contributed by atoms with Gasteiger partial charge >= 0.3 is 11.8 Å². The summed E-state index contributed by atoms with van der Waals surface area (Å²) in [6, 6.07) is 13.9. The van der Waals surface area contributed by atoms with Crippen LogP contribution in [0.2, 0.25) is 0 Å². The second-order valence-corrected chi connectivity index (χ2v) is 5.11. The number of ether oxygens (including phenoxy) is 2. The predicted molar refractivity (Wildman–Crippen MR) is 95.6 cm³/mol. The Morgan fingerprint density at radius 3 is 2.24 bits per heavy atom. The molecule has 0 heterocycles. The maximum atomic E-state index is 11.9. The Balaban J connectivity index is 1.82. The molecule has 25 heavy (non-hydrogen) atoms. The molecule has 0 spiro atoms. The first-order valence-corrected chi connectivity index (χ1v) is 7.68. The lowest BCUT2D eigenvalue weighted by atomic mass is 10.2. The van der Waals surface area contributed by atoms with E-state index < -0.39 is 11.8 Å². The Kier molecular flexibility index (Phi) is 6.59. The number of amides is 2. The van der Waals surface area contributed by atoms with Crippen LogP contribution in [-0.4, -0.2) is 25.5 Å². The summed E-state index contributed by atoms with van der Waals surface area (Å²) in [5.41, 5.74) is 1.38. The van der Waals surface area contributed by atoms with E-state index in [-0.39, 0.29) is 6.54 Å². The number of rotatable bonds is 7. The zero-order valence-corrected chi connectivity index (χ0v) is 14.0. The van der Waals surface area contributed by atoms with E-state index >= 15 is 0 Å². The molecule has 6 nitrogen and oxygen atoms in total. The van der Waals surface area contributed by atoms with Crippen LogP contribution in [0.3, 0.4) is 0 Å². The van der Waals surface area contributed by atoms with Crippen molar-refractivity contribution in [3.05, 3.63) is 66.7 Å². The number of anilines is 1. The summed E-state index contributed by atoms with van der Waals surface area (Å²) in [5, 5.41) is 5.10. The second kappa shape index (κ2) is 9.12. The van der Waals surface area contributed by atoms with E-state index in [9.17, 15) is 9.59 Å². The van der Waals surface area contributed by atoms with Crippen LogP contribution in [0.25, 0.3) is 0 Å². The van der Waals surface area contributed by atoms with Crippen molar-refractivity contribution in [3.63, 3.8) is 0 Å². The average molecular weight is 340 g/mol. The topological polar surface area (TPSA) is 76.7 Å². The average Bonchev–Trinajstić information content (AvgIpc) is 2.65. The summed E-state index contributed by atoms with van der Waals surface area (Å²) in [5.74, 6) is -0.0498. The fraction of sp³-hybridized carbons (Fsp3) is 0.158. The van der Waals surface area contributed by atoms with Gasteiger partial charge in [0.05, 0.1) is 7.11 Å². The molecule has 2 aromatic carbocycles. The number of methoxy groups -OCH3 is 1. The third kappa shape index (κ3) is 5.69. The van der Waals surface area contributed by atoms with Crippen LogP contribution in [0, 0.1) is 0 Å². The van der Waals surface area contributed by atoms with Gasteiger partial charge in [0.1, 0.15) is 18.1 Å². The Morgan fingerprint density at radius 2 is 1.64 bits per heavy atom. The Labute approximate surface area is 146 Å². The molecular weight excluding hydrogens is 320 g/mol. The fourth-order valence-corrected chi connectivity index (χ4v) is 1.98. The highest BCUT2D eigenvalue weighted by Gasteiger charge is 2.13. The van der Waals surface area contributed by atoms with E-state index in [1.807, 2.05) is 12.1 Å². The van der Waals surface area contributed by atoms with Crippen LogP contribution >= 0.6 is 0 Å². The Bertz CT molecular complexity index is 724. The van der Waals surface area contributed by atoms with Crippen LogP contribution in [0.15, 0.2) is 61.2 Å². The van der Waals surface area contributed by atoms with Crippen molar-refractivity contribution < 1.29 is 19.1 Å². The third-order valence-electron chi connectivity index (χ3n) is 3.30. The van der Waals surface area contributed by atoms with Gasteiger partial charge in [0.25, 0.3) is 0 Å². The predicted octanol–water partition coefficient (Wildman–Crippen LogP) is 2.51. The number of carbonyl (C=O) groups is 2. The number of carbonyl (C=O) groups excluding carboxylic acids is 2. The molecule has 0 aliphatic carbocycles. The Hall–Kier alpha value is -3.28. The molecule has 0 radical (unpaired) electrons. The van der Waals surface area contributed by atoms with Gasteiger partial charge in [-0.2, -0.15) is 0 Å². The van der Waals surface area contributed by atoms with E-state index in [1.165, 1.54) is 0 Å². The molecule has 0 atom stereocenters. The van der Waals surface area contributed by atoms with E-state index in [1.54, 1.807) is 49.6 Å². The van der Waals surface area contributed by atoms with Gasteiger partial charge in [0, 0.05) is 12.2 Å². The minimum atomic E-state index is -0.728. The lowest BCUT2D eigenvalue weighted by Crippen LogP contribution is -2.34. The zero-order chi connectivity index (χ0) is 18.1. The van der Waals surface area contributed by atoms with Gasteiger partial charge in [-0.1, -0.05) is 24.8 Å². The summed E-state index contributed by atoms with van der Waals surface area (Å²) in [6.45, 7) is 4.22. The van der Waals surface area contributed by atoms with Crippen molar-refractivity contribution in [3.8, 4) is 11.5 Å². The highest BCUT2D eigenvalue weighted by atomic mass is 16.5. The Morgan fingerprint density at radius 1 is 1.00 bits per heavy atom. The maximum Gasteiger partial charge on any atom is 0.313 e. The van der Waals surface area contributed by atoms with E-state index in [0.717, 1.165) is 11.3 Å². The highest BCUT2D eigenvalue weighted by Crippen LogP contribution is 2.15. The van der Waals surface area contributed by atoms with E-state index in [2.05, 4.69) is 17.2 Å². The van der Waals surface area contributed by atoms with Gasteiger partial charge in [-0.3, -0.25) is 9.59 Å². The minimum Gasteiger partial charge on any atom is -0.497 e. The van der Waals surface area contributed by atoms with Gasteiger partial charge < -0.3 is 20.1 Å². The summed E-state index contributed by atoms with van der Waals surface area (Å²) < 4.78 is 10.4. The fourth-order valence-electron chi connectivity index (χ4n) is 1.98. The quantitative estimate of drug-likeness (QED) is 0.600. The summed E-state index contributed by atoms with van der Waals surface area (Å²) >= 11 is 0. The number of hydrogen-bond acceptors (Lipinski definition) is 4. The third-order valence-corrected chi connectivity index (χ3v) is 3.30. The van der Waals surface area contributed by atoms with Gasteiger partial charge in [-0.25, -0.2) is 0 Å². The molecular formula is C19H20N2O4. The zero-order valence-electron chi connectivity index (χ0n) is 14.0. The van der Waals surface area contributed by atoms with Gasteiger partial charge in [-0.05, 0) is 42.0 Å². The first-order valence-electron chi connectivity index (χ1n) is 7.68. The molecule has 0 aromatic heterocycles. The molecule has 0 aliphatic heterocycles. The van der Waals surface area contributed by atoms with Crippen molar-refractivity contribution in [1.82, 2.24) is 5.32 Å². The minimum absolute atomic E-state index is 0.255. The monoisotopic (exact) mass is 340 g/mol. The maximum absolute atomic E-state index is 11.9. The van der Waals surface area contributed by atoms with Gasteiger partial charge in [-0.15, -0.1) is 0 Å². The molecule has 0 unspecified atom stereocenters. The molecule has 2 rings (SSSR count). The van der Waals surface area contributed by atoms with Gasteiger partial charge in [0.15, 0.2) is 0 Å². The highest BCUT2D eigenvalue weighted by molar-refractivity contribution is 6.39. The lowest BCUT2D eigenvalue weighted by molar-refractivity contribution is -0.136. The molecule has 0 bridgehead atoms. The van der Waals surface area contributed by atoms with Crippen LogP contribution in [0.1, 0.15) is 5.56 Å². The molecule has 2 amide bonds. The number of benzene rings is 2. The molecule has 0 saturated heterocycles. The van der Waals surface area contributed by atoms with Crippen LogP contribution in [0.4, 0.5) is 5.69 Å². The molecule has 0 fully saturated rings. The first kappa shape index (κ1) is 18.1. The van der Waals surface area contributed by atoms with E-state index in [4.69, 9.17) is 9.47 Å². The van der Waals surface area contributed by atoms with Crippen molar-refractivity contribution in [1.29, 1.82) is 0 Å². The van der Waals surface area contributed by atoms with Crippen molar-refractivity contribution in [2.45, 2.75) is 6.54 Å². The SMILES string of the molecule is C=CCOc1ccc(NC(=O)C(=O)NCc2ccc(OC)cc2)cc1. The number of nitrogens with one attached hydrogen (secondary N) is 2. The molecule has 6 heteroatoms. The normalized spacial score (nSPS) is 9.80. The van der Waals surface area contributed by atoms with Crippen molar-refractivity contribution in [2.75, 3.05) is 19.0 Å². The largest absolute Gasteiger partial charge is 0.497 e. The first-order chi connectivity index (χ1) is 12.1.